The minimum absolute atomic E-state index is 0.0323. The number of aromatic nitrogens is 2. The number of carbonyl (C=O) groups excluding carboxylic acids is 1. The quantitative estimate of drug-likeness (QED) is 0.513. The topological polar surface area (TPSA) is 132 Å². The lowest BCUT2D eigenvalue weighted by Gasteiger charge is -2.13. The first-order valence-corrected chi connectivity index (χ1v) is 12.0. The number of hydrogen-bond donors (Lipinski definition) is 2. The van der Waals surface area contributed by atoms with Crippen molar-refractivity contribution < 1.29 is 27.4 Å². The van der Waals surface area contributed by atoms with Crippen LogP contribution in [-0.2, 0) is 16.6 Å². The highest BCUT2D eigenvalue weighted by atomic mass is 32.2. The van der Waals surface area contributed by atoms with Gasteiger partial charge in [0, 0.05) is 24.1 Å². The normalized spacial score (nSPS) is 13.4. The zero-order valence-corrected chi connectivity index (χ0v) is 19.8. The van der Waals surface area contributed by atoms with E-state index < -0.39 is 16.1 Å². The van der Waals surface area contributed by atoms with Crippen LogP contribution in [0.3, 0.4) is 0 Å². The third kappa shape index (κ3) is 5.53. The third-order valence-electron chi connectivity index (χ3n) is 4.51. The van der Waals surface area contributed by atoms with Crippen molar-refractivity contribution in [1.29, 1.82) is 0 Å². The summed E-state index contributed by atoms with van der Waals surface area (Å²) in [5, 5.41) is 2.29. The highest BCUT2D eigenvalue weighted by Gasteiger charge is 2.31. The van der Waals surface area contributed by atoms with Gasteiger partial charge in [0.2, 0.25) is 17.7 Å². The Kier molecular flexibility index (Phi) is 7.64. The summed E-state index contributed by atoms with van der Waals surface area (Å²) in [7, 11) is 0.0203. The number of carbonyl (C=O) groups is 1. The van der Waals surface area contributed by atoms with Crippen LogP contribution in [0.5, 0.6) is 17.5 Å². The Labute approximate surface area is 191 Å². The SMILES string of the molecule is CCCCN1Cc2cc(OC)cc(S(=O)(=O)NC(=O)Nc3nc(OC)cc(OC)n3)c2S1. The molecule has 2 heterocycles. The lowest BCUT2D eigenvalue weighted by Crippen LogP contribution is -2.35. The highest BCUT2D eigenvalue weighted by Crippen LogP contribution is 2.42. The number of amides is 2. The Hall–Kier alpha value is -2.77. The van der Waals surface area contributed by atoms with Gasteiger partial charge in [0.05, 0.1) is 27.4 Å². The molecular formula is C19H25N5O6S2. The summed E-state index contributed by atoms with van der Waals surface area (Å²) < 4.78 is 45.6. The van der Waals surface area contributed by atoms with Crippen LogP contribution in [0.15, 0.2) is 28.0 Å². The third-order valence-corrected chi connectivity index (χ3v) is 7.23. The molecule has 1 aromatic carbocycles. The molecule has 0 atom stereocenters. The van der Waals surface area contributed by atoms with E-state index in [1.165, 1.54) is 45.4 Å². The average Bonchev–Trinajstić information content (AvgIpc) is 3.18. The molecule has 0 saturated heterocycles. The molecule has 0 radical (unpaired) electrons. The van der Waals surface area contributed by atoms with Gasteiger partial charge in [0.15, 0.2) is 0 Å². The Bertz CT molecular complexity index is 1070. The van der Waals surface area contributed by atoms with Crippen molar-refractivity contribution in [3.05, 3.63) is 23.8 Å². The Morgan fingerprint density at radius 3 is 2.41 bits per heavy atom. The standard InChI is InChI=1S/C19H25N5O6S2/c1-5-6-7-24-11-12-8-13(28-2)9-14(17(12)31-24)32(26,27)23-19(25)22-18-20-15(29-3)10-16(21-18)30-4/h8-10H,5-7,11H2,1-4H3,(H2,20,21,22,23,25). The van der Waals surface area contributed by atoms with Crippen LogP contribution in [0.4, 0.5) is 10.7 Å². The second-order valence-corrected chi connectivity index (χ2v) is 9.52. The first kappa shape index (κ1) is 23.9. The molecule has 2 amide bonds. The van der Waals surface area contributed by atoms with E-state index in [0.29, 0.717) is 17.2 Å². The van der Waals surface area contributed by atoms with Crippen LogP contribution in [0.2, 0.25) is 0 Å². The molecule has 1 aliphatic heterocycles. The first-order valence-electron chi connectivity index (χ1n) is 9.74. The smallest absolute Gasteiger partial charge is 0.335 e. The molecule has 32 heavy (non-hydrogen) atoms. The van der Waals surface area contributed by atoms with Crippen molar-refractivity contribution in [3.63, 3.8) is 0 Å². The van der Waals surface area contributed by atoms with Gasteiger partial charge in [-0.1, -0.05) is 13.3 Å². The zero-order valence-electron chi connectivity index (χ0n) is 18.2. The number of nitrogens with one attached hydrogen (secondary N) is 2. The Morgan fingerprint density at radius 2 is 1.81 bits per heavy atom. The predicted molar refractivity (Wildman–Crippen MR) is 119 cm³/mol. The number of nitrogens with zero attached hydrogens (tertiary/aromatic N) is 3. The minimum atomic E-state index is -4.22. The number of hydrogen-bond acceptors (Lipinski definition) is 10. The maximum atomic E-state index is 13.1. The molecule has 1 aliphatic rings. The summed E-state index contributed by atoms with van der Waals surface area (Å²) in [4.78, 5) is 20.9. The molecular weight excluding hydrogens is 458 g/mol. The van der Waals surface area contributed by atoms with Gasteiger partial charge in [0.25, 0.3) is 10.0 Å². The lowest BCUT2D eigenvalue weighted by molar-refractivity contribution is 0.256. The van der Waals surface area contributed by atoms with Crippen LogP contribution in [0, 0.1) is 0 Å². The van der Waals surface area contributed by atoms with Gasteiger partial charge < -0.3 is 14.2 Å². The number of ether oxygens (including phenoxy) is 3. The lowest BCUT2D eigenvalue weighted by atomic mass is 10.2. The maximum absolute atomic E-state index is 13.1. The van der Waals surface area contributed by atoms with Crippen molar-refractivity contribution in [3.8, 4) is 17.5 Å². The van der Waals surface area contributed by atoms with Gasteiger partial charge in [-0.3, -0.25) is 5.32 Å². The average molecular weight is 484 g/mol. The number of methoxy groups -OCH3 is 3. The number of fused-ring (bicyclic) bond motifs is 1. The predicted octanol–water partition coefficient (Wildman–Crippen LogP) is 2.64. The van der Waals surface area contributed by atoms with Crippen molar-refractivity contribution in [2.24, 2.45) is 0 Å². The van der Waals surface area contributed by atoms with E-state index >= 15 is 0 Å². The highest BCUT2D eigenvalue weighted by molar-refractivity contribution is 7.98. The molecule has 0 spiro atoms. The number of unbranched alkanes of at least 4 members (excludes halogenated alkanes) is 1. The maximum Gasteiger partial charge on any atom is 0.335 e. The summed E-state index contributed by atoms with van der Waals surface area (Å²) in [6, 6.07) is 3.60. The number of rotatable bonds is 9. The van der Waals surface area contributed by atoms with Crippen LogP contribution < -0.4 is 24.2 Å². The van der Waals surface area contributed by atoms with Crippen molar-refractivity contribution in [2.45, 2.75) is 36.1 Å². The van der Waals surface area contributed by atoms with Gasteiger partial charge in [-0.2, -0.15) is 9.97 Å². The van der Waals surface area contributed by atoms with E-state index in [2.05, 4.69) is 26.5 Å². The van der Waals surface area contributed by atoms with Crippen LogP contribution in [0.25, 0.3) is 0 Å². The summed E-state index contributed by atoms with van der Waals surface area (Å²) >= 11 is 1.36. The minimum Gasteiger partial charge on any atom is -0.497 e. The molecule has 0 saturated carbocycles. The fourth-order valence-corrected chi connectivity index (χ4v) is 5.52. The number of benzene rings is 1. The van der Waals surface area contributed by atoms with Gasteiger partial charge in [-0.15, -0.1) is 0 Å². The van der Waals surface area contributed by atoms with E-state index in [9.17, 15) is 13.2 Å². The second-order valence-electron chi connectivity index (χ2n) is 6.76. The number of anilines is 1. The summed E-state index contributed by atoms with van der Waals surface area (Å²) in [5.41, 5.74) is 0.826. The van der Waals surface area contributed by atoms with Gasteiger partial charge in [-0.05, 0) is 30.0 Å². The summed E-state index contributed by atoms with van der Waals surface area (Å²) in [6.45, 7) is 3.50. The number of urea groups is 1. The Morgan fingerprint density at radius 1 is 1.12 bits per heavy atom. The number of sulfonamides is 1. The van der Waals surface area contributed by atoms with E-state index in [1.807, 2.05) is 10.8 Å². The van der Waals surface area contributed by atoms with Crippen LogP contribution in [-0.4, -0.2) is 56.6 Å². The molecule has 3 rings (SSSR count). The van der Waals surface area contributed by atoms with Gasteiger partial charge >= 0.3 is 6.03 Å². The molecule has 1 aromatic heterocycles. The van der Waals surface area contributed by atoms with Gasteiger partial charge in [0.1, 0.15) is 10.6 Å². The van der Waals surface area contributed by atoms with E-state index in [1.54, 1.807) is 0 Å². The van der Waals surface area contributed by atoms with Crippen molar-refractivity contribution >= 4 is 34.0 Å². The van der Waals surface area contributed by atoms with Crippen LogP contribution in [0.1, 0.15) is 25.3 Å². The molecule has 0 unspecified atom stereocenters. The van der Waals surface area contributed by atoms with E-state index in [0.717, 1.165) is 24.9 Å². The first-order chi connectivity index (χ1) is 15.3. The molecule has 2 N–H and O–H groups in total. The Balaban J connectivity index is 1.83. The molecule has 174 valence electrons. The fourth-order valence-electron chi connectivity index (χ4n) is 2.95. The van der Waals surface area contributed by atoms with Crippen LogP contribution >= 0.6 is 11.9 Å². The zero-order chi connectivity index (χ0) is 23.3. The van der Waals surface area contributed by atoms with E-state index in [4.69, 9.17) is 14.2 Å². The molecule has 2 aromatic rings. The van der Waals surface area contributed by atoms with Crippen molar-refractivity contribution in [2.75, 3.05) is 33.2 Å². The van der Waals surface area contributed by atoms with Crippen molar-refractivity contribution in [1.82, 2.24) is 19.0 Å². The molecule has 11 nitrogen and oxygen atoms in total. The molecule has 0 aliphatic carbocycles. The second kappa shape index (κ2) is 10.2. The molecule has 0 fully saturated rings. The summed E-state index contributed by atoms with van der Waals surface area (Å²) in [5.74, 6) is 0.501. The molecule has 13 heteroatoms. The largest absolute Gasteiger partial charge is 0.497 e. The summed E-state index contributed by atoms with van der Waals surface area (Å²) in [6.07, 6.45) is 2.02. The molecule has 0 bridgehead atoms. The van der Waals surface area contributed by atoms with E-state index in [-0.39, 0.29) is 22.6 Å². The monoisotopic (exact) mass is 483 g/mol. The van der Waals surface area contributed by atoms with Gasteiger partial charge in [-0.25, -0.2) is 22.2 Å². The fraction of sp³-hybridized carbons (Fsp3) is 0.421.